The van der Waals surface area contributed by atoms with Crippen molar-refractivity contribution in [1.82, 2.24) is 5.43 Å². The lowest BCUT2D eigenvalue weighted by Crippen LogP contribution is -2.34. The number of aryl methyl sites for hydroxylation is 1. The van der Waals surface area contributed by atoms with Crippen molar-refractivity contribution >= 4 is 29.1 Å². The highest BCUT2D eigenvalue weighted by molar-refractivity contribution is 6.35. The molecule has 0 aromatic heterocycles. The summed E-state index contributed by atoms with van der Waals surface area (Å²) in [5.41, 5.74) is 2.71. The van der Waals surface area contributed by atoms with Crippen molar-refractivity contribution < 1.29 is 9.53 Å². The molecule has 0 radical (unpaired) electrons. The van der Waals surface area contributed by atoms with Crippen molar-refractivity contribution in [1.29, 1.82) is 0 Å². The van der Waals surface area contributed by atoms with Gasteiger partial charge in [0.1, 0.15) is 5.75 Å². The van der Waals surface area contributed by atoms with Crippen molar-refractivity contribution in [2.75, 3.05) is 6.61 Å². The molecule has 4 nitrogen and oxygen atoms in total. The molecule has 0 fully saturated rings. The first-order chi connectivity index (χ1) is 7.04. The molecule has 82 valence electrons. The summed E-state index contributed by atoms with van der Waals surface area (Å²) < 4.78 is 5.19. The average Bonchev–Trinajstić information content (AvgIpc) is 2.15. The normalized spacial score (nSPS) is 9.87. The van der Waals surface area contributed by atoms with E-state index < -0.39 is 5.91 Å². The van der Waals surface area contributed by atoms with Crippen LogP contribution in [0.25, 0.3) is 0 Å². The third-order valence-electron chi connectivity index (χ3n) is 1.70. The fourth-order valence-electron chi connectivity index (χ4n) is 1.05. The van der Waals surface area contributed by atoms with Crippen LogP contribution in [-0.2, 0) is 4.79 Å². The topological polar surface area (TPSA) is 64.3 Å². The van der Waals surface area contributed by atoms with E-state index in [1.54, 1.807) is 19.1 Å². The molecule has 1 aromatic rings. The molecule has 0 spiro atoms. The number of halogens is 2. The highest BCUT2D eigenvalue weighted by Crippen LogP contribution is 2.31. The maximum atomic E-state index is 10.8. The summed E-state index contributed by atoms with van der Waals surface area (Å²) in [7, 11) is 0. The van der Waals surface area contributed by atoms with E-state index in [-0.39, 0.29) is 6.61 Å². The molecule has 15 heavy (non-hydrogen) atoms. The first-order valence-corrected chi connectivity index (χ1v) is 4.88. The second-order valence-corrected chi connectivity index (χ2v) is 3.73. The zero-order valence-corrected chi connectivity index (χ0v) is 9.52. The Morgan fingerprint density at radius 2 is 2.20 bits per heavy atom. The SMILES string of the molecule is Cc1cc(Cl)cc(Cl)c1OCC(=O)NN. The van der Waals surface area contributed by atoms with E-state index in [1.807, 2.05) is 5.43 Å². The van der Waals surface area contributed by atoms with Crippen LogP contribution in [0.5, 0.6) is 5.75 Å². The number of amides is 1. The predicted molar refractivity (Wildman–Crippen MR) is 59.0 cm³/mol. The molecule has 1 rings (SSSR count). The van der Waals surface area contributed by atoms with Crippen LogP contribution >= 0.6 is 23.2 Å². The maximum absolute atomic E-state index is 10.8. The van der Waals surface area contributed by atoms with E-state index >= 15 is 0 Å². The molecule has 3 N–H and O–H groups in total. The van der Waals surface area contributed by atoms with Crippen LogP contribution in [0.2, 0.25) is 10.0 Å². The number of ether oxygens (including phenoxy) is 1. The number of hydrogen-bond donors (Lipinski definition) is 2. The van der Waals surface area contributed by atoms with Crippen molar-refractivity contribution in [3.63, 3.8) is 0 Å². The van der Waals surface area contributed by atoms with E-state index in [4.69, 9.17) is 33.8 Å². The molecular formula is C9H10Cl2N2O2. The van der Waals surface area contributed by atoms with Gasteiger partial charge in [-0.3, -0.25) is 10.2 Å². The van der Waals surface area contributed by atoms with Crippen LogP contribution in [0.1, 0.15) is 5.56 Å². The highest BCUT2D eigenvalue weighted by atomic mass is 35.5. The van der Waals surface area contributed by atoms with Gasteiger partial charge in [0.05, 0.1) is 5.02 Å². The molecular weight excluding hydrogens is 239 g/mol. The van der Waals surface area contributed by atoms with Crippen molar-refractivity contribution in [2.45, 2.75) is 6.92 Å². The molecule has 0 unspecified atom stereocenters. The van der Waals surface area contributed by atoms with Crippen LogP contribution in [0.4, 0.5) is 0 Å². The Bertz CT molecular complexity index is 359. The molecule has 0 heterocycles. The number of nitrogens with one attached hydrogen (secondary N) is 1. The number of benzene rings is 1. The van der Waals surface area contributed by atoms with Crippen LogP contribution in [0.15, 0.2) is 12.1 Å². The minimum Gasteiger partial charge on any atom is -0.482 e. The average molecular weight is 249 g/mol. The molecule has 0 saturated carbocycles. The monoisotopic (exact) mass is 248 g/mol. The van der Waals surface area contributed by atoms with Gasteiger partial charge in [0, 0.05) is 5.02 Å². The van der Waals surface area contributed by atoms with Gasteiger partial charge in [-0.1, -0.05) is 23.2 Å². The van der Waals surface area contributed by atoms with Gasteiger partial charge in [-0.25, -0.2) is 5.84 Å². The second kappa shape index (κ2) is 5.21. The van der Waals surface area contributed by atoms with E-state index in [1.165, 1.54) is 0 Å². The molecule has 0 aliphatic heterocycles. The molecule has 0 aliphatic rings. The van der Waals surface area contributed by atoms with Gasteiger partial charge in [0.25, 0.3) is 5.91 Å². The fourth-order valence-corrected chi connectivity index (χ4v) is 1.70. The summed E-state index contributed by atoms with van der Waals surface area (Å²) in [5.74, 6) is 4.91. The zero-order chi connectivity index (χ0) is 11.4. The summed E-state index contributed by atoms with van der Waals surface area (Å²) >= 11 is 11.7. The number of nitrogens with two attached hydrogens (primary N) is 1. The van der Waals surface area contributed by atoms with Crippen molar-refractivity contribution in [2.24, 2.45) is 5.84 Å². The third kappa shape index (κ3) is 3.27. The van der Waals surface area contributed by atoms with Crippen LogP contribution in [0.3, 0.4) is 0 Å². The third-order valence-corrected chi connectivity index (χ3v) is 2.20. The summed E-state index contributed by atoms with van der Waals surface area (Å²) in [5, 5.41) is 0.887. The second-order valence-electron chi connectivity index (χ2n) is 2.89. The maximum Gasteiger partial charge on any atom is 0.271 e. The van der Waals surface area contributed by atoms with Gasteiger partial charge in [-0.15, -0.1) is 0 Å². The largest absolute Gasteiger partial charge is 0.482 e. The first kappa shape index (κ1) is 12.1. The fraction of sp³-hybridized carbons (Fsp3) is 0.222. The summed E-state index contributed by atoms with van der Waals surface area (Å²) in [6.07, 6.45) is 0. The molecule has 0 saturated heterocycles. The molecule has 6 heteroatoms. The Balaban J connectivity index is 2.81. The van der Waals surface area contributed by atoms with E-state index in [0.29, 0.717) is 15.8 Å². The van der Waals surface area contributed by atoms with E-state index in [2.05, 4.69) is 0 Å². The van der Waals surface area contributed by atoms with Crippen LogP contribution < -0.4 is 16.0 Å². The van der Waals surface area contributed by atoms with Gasteiger partial charge in [-0.2, -0.15) is 0 Å². The zero-order valence-electron chi connectivity index (χ0n) is 8.01. The molecule has 0 aliphatic carbocycles. The lowest BCUT2D eigenvalue weighted by atomic mass is 10.2. The van der Waals surface area contributed by atoms with E-state index in [9.17, 15) is 4.79 Å². The Labute approximate surface area is 97.3 Å². The smallest absolute Gasteiger partial charge is 0.271 e. The molecule has 1 amide bonds. The number of carbonyl (C=O) groups excluding carboxylic acids is 1. The molecule has 0 atom stereocenters. The van der Waals surface area contributed by atoms with E-state index in [0.717, 1.165) is 5.56 Å². The number of hydrogen-bond acceptors (Lipinski definition) is 3. The number of carbonyl (C=O) groups is 1. The Hall–Kier alpha value is -0.970. The van der Waals surface area contributed by atoms with Gasteiger partial charge < -0.3 is 4.74 Å². The number of hydrazine groups is 1. The van der Waals surface area contributed by atoms with Crippen molar-refractivity contribution in [3.8, 4) is 5.75 Å². The Morgan fingerprint density at radius 3 is 2.73 bits per heavy atom. The minimum atomic E-state index is -0.430. The quantitative estimate of drug-likeness (QED) is 0.486. The van der Waals surface area contributed by atoms with Gasteiger partial charge in [-0.05, 0) is 24.6 Å². The summed E-state index contributed by atoms with van der Waals surface area (Å²) in [6, 6.07) is 3.24. The van der Waals surface area contributed by atoms with Gasteiger partial charge in [0.15, 0.2) is 6.61 Å². The predicted octanol–water partition coefficient (Wildman–Crippen LogP) is 1.67. The van der Waals surface area contributed by atoms with Gasteiger partial charge >= 0.3 is 0 Å². The van der Waals surface area contributed by atoms with Gasteiger partial charge in [0.2, 0.25) is 0 Å². The summed E-state index contributed by atoms with van der Waals surface area (Å²) in [6.45, 7) is 1.60. The standard InChI is InChI=1S/C9H10Cl2N2O2/c1-5-2-6(10)3-7(11)9(5)15-4-8(14)13-12/h2-3H,4,12H2,1H3,(H,13,14). The molecule has 0 bridgehead atoms. The highest BCUT2D eigenvalue weighted by Gasteiger charge is 2.09. The first-order valence-electron chi connectivity index (χ1n) is 4.12. The van der Waals surface area contributed by atoms with Crippen LogP contribution in [-0.4, -0.2) is 12.5 Å². The lowest BCUT2D eigenvalue weighted by molar-refractivity contribution is -0.123. The van der Waals surface area contributed by atoms with Crippen LogP contribution in [0, 0.1) is 6.92 Å². The summed E-state index contributed by atoms with van der Waals surface area (Å²) in [4.78, 5) is 10.8. The lowest BCUT2D eigenvalue weighted by Gasteiger charge is -2.10. The Kier molecular flexibility index (Phi) is 4.20. The Morgan fingerprint density at radius 1 is 1.53 bits per heavy atom. The number of rotatable bonds is 3. The minimum absolute atomic E-state index is 0.182. The molecule has 1 aromatic carbocycles. The van der Waals surface area contributed by atoms with Crippen molar-refractivity contribution in [3.05, 3.63) is 27.7 Å².